The number of carbonyl (C=O) groups excluding carboxylic acids is 2. The van der Waals surface area contributed by atoms with E-state index >= 15 is 0 Å². The van der Waals surface area contributed by atoms with E-state index in [4.69, 9.17) is 49.8 Å². The SMILES string of the molecule is CCNC(=O)CC1N=C(c2ccc(Cl)cc2)c2cc(OCCOCCOCCOCCOCCOCCOCCNC(=O)c3cccc(O)c3O)ccc2-n2c(C)nnc21. The van der Waals surface area contributed by atoms with Crippen LogP contribution in [0.2, 0.25) is 5.02 Å². The number of nitrogens with zero attached hydrogens (tertiary/aromatic N) is 4. The van der Waals surface area contributed by atoms with Crippen molar-refractivity contribution in [3.63, 3.8) is 0 Å². The zero-order valence-electron chi connectivity index (χ0n) is 33.9. The van der Waals surface area contributed by atoms with Crippen molar-refractivity contribution in [2.45, 2.75) is 26.3 Å². The van der Waals surface area contributed by atoms with E-state index in [0.29, 0.717) is 114 Å². The van der Waals surface area contributed by atoms with Gasteiger partial charge in [0, 0.05) is 29.2 Å². The summed E-state index contributed by atoms with van der Waals surface area (Å²) in [7, 11) is 0. The fourth-order valence-electron chi connectivity index (χ4n) is 6.05. The molecule has 4 N–H and O–H groups in total. The van der Waals surface area contributed by atoms with E-state index < -0.39 is 17.7 Å². The van der Waals surface area contributed by atoms with Gasteiger partial charge in [-0.05, 0) is 56.3 Å². The van der Waals surface area contributed by atoms with Crippen molar-refractivity contribution in [1.82, 2.24) is 25.4 Å². The maximum Gasteiger partial charge on any atom is 0.255 e. The quantitative estimate of drug-likeness (QED) is 0.0496. The number of hydrogen-bond donors (Lipinski definition) is 4. The number of amides is 2. The molecule has 1 atom stereocenters. The van der Waals surface area contributed by atoms with E-state index in [9.17, 15) is 19.8 Å². The van der Waals surface area contributed by atoms with E-state index in [1.54, 1.807) is 0 Å². The summed E-state index contributed by atoms with van der Waals surface area (Å²) >= 11 is 6.22. The molecule has 0 saturated heterocycles. The van der Waals surface area contributed by atoms with Crippen molar-refractivity contribution in [1.29, 1.82) is 0 Å². The molecule has 0 saturated carbocycles. The molecule has 1 aliphatic rings. The first-order chi connectivity index (χ1) is 29.3. The fourth-order valence-corrected chi connectivity index (χ4v) is 6.18. The van der Waals surface area contributed by atoms with Gasteiger partial charge < -0.3 is 54.0 Å². The summed E-state index contributed by atoms with van der Waals surface area (Å²) < 4.78 is 41.3. The molecule has 1 aliphatic heterocycles. The number of fused-ring (bicyclic) bond motifs is 3. The van der Waals surface area contributed by atoms with Crippen LogP contribution >= 0.6 is 11.6 Å². The second-order valence-corrected chi connectivity index (χ2v) is 13.7. The van der Waals surface area contributed by atoms with Crippen LogP contribution in [0.5, 0.6) is 17.2 Å². The van der Waals surface area contributed by atoms with Gasteiger partial charge in [0.15, 0.2) is 17.3 Å². The Morgan fingerprint density at radius 3 is 1.97 bits per heavy atom. The average molecular weight is 853 g/mol. The molecule has 2 amide bonds. The van der Waals surface area contributed by atoms with Gasteiger partial charge in [-0.25, -0.2) is 0 Å². The third-order valence-electron chi connectivity index (χ3n) is 8.92. The Kier molecular flexibility index (Phi) is 19.0. The molecular weight excluding hydrogens is 800 g/mol. The Morgan fingerprint density at radius 1 is 0.750 bits per heavy atom. The number of nitrogens with one attached hydrogen (secondary N) is 2. The molecule has 5 rings (SSSR count). The highest BCUT2D eigenvalue weighted by atomic mass is 35.5. The van der Waals surface area contributed by atoms with Crippen LogP contribution in [0, 0.1) is 6.92 Å². The Balaban J connectivity index is 0.902. The van der Waals surface area contributed by atoms with Gasteiger partial charge in [-0.2, -0.15) is 0 Å². The first kappa shape index (κ1) is 45.9. The van der Waals surface area contributed by atoms with Gasteiger partial charge in [0.05, 0.1) is 103 Å². The number of hydrogen-bond acceptors (Lipinski definition) is 14. The maximum absolute atomic E-state index is 12.7. The van der Waals surface area contributed by atoms with Gasteiger partial charge in [-0.15, -0.1) is 10.2 Å². The number of phenolic OH excluding ortho intramolecular Hbond substituents is 2. The Bertz CT molecular complexity index is 2000. The monoisotopic (exact) mass is 852 g/mol. The van der Waals surface area contributed by atoms with Crippen LogP contribution in [-0.2, 0) is 33.2 Å². The zero-order chi connectivity index (χ0) is 42.5. The first-order valence-corrected chi connectivity index (χ1v) is 20.2. The summed E-state index contributed by atoms with van der Waals surface area (Å²) in [6, 6.07) is 16.8. The van der Waals surface area contributed by atoms with Crippen LogP contribution < -0.4 is 15.4 Å². The minimum atomic E-state index is -0.563. The molecule has 4 aromatic rings. The van der Waals surface area contributed by atoms with E-state index in [0.717, 1.165) is 16.8 Å². The molecular formula is C42H53ClN6O11. The van der Waals surface area contributed by atoms with Crippen molar-refractivity contribution in [2.75, 3.05) is 99.0 Å². The molecule has 2 heterocycles. The highest BCUT2D eigenvalue weighted by Gasteiger charge is 2.30. The van der Waals surface area contributed by atoms with Gasteiger partial charge in [0.2, 0.25) is 5.91 Å². The third-order valence-corrected chi connectivity index (χ3v) is 9.17. The lowest BCUT2D eigenvalue weighted by Crippen LogP contribution is -2.27. The Morgan fingerprint density at radius 2 is 1.35 bits per heavy atom. The predicted molar refractivity (Wildman–Crippen MR) is 222 cm³/mol. The van der Waals surface area contributed by atoms with Gasteiger partial charge in [0.25, 0.3) is 5.91 Å². The van der Waals surface area contributed by atoms with Gasteiger partial charge in [-0.1, -0.05) is 29.8 Å². The molecule has 0 spiro atoms. The minimum Gasteiger partial charge on any atom is -0.504 e. The number of para-hydroxylation sites is 1. The van der Waals surface area contributed by atoms with E-state index in [1.165, 1.54) is 18.2 Å². The number of aryl methyl sites for hydroxylation is 1. The third kappa shape index (κ3) is 14.0. The lowest BCUT2D eigenvalue weighted by Gasteiger charge is -2.15. The first-order valence-electron chi connectivity index (χ1n) is 19.8. The number of benzene rings is 3. The lowest BCUT2D eigenvalue weighted by molar-refractivity contribution is -0.121. The number of rotatable bonds is 27. The molecule has 3 aromatic carbocycles. The van der Waals surface area contributed by atoms with Gasteiger partial charge in [-0.3, -0.25) is 19.1 Å². The van der Waals surface area contributed by atoms with Crippen LogP contribution in [0.15, 0.2) is 65.7 Å². The molecule has 17 nitrogen and oxygen atoms in total. The van der Waals surface area contributed by atoms with Gasteiger partial charge in [0.1, 0.15) is 24.2 Å². The van der Waals surface area contributed by atoms with Crippen molar-refractivity contribution in [3.05, 3.63) is 94.0 Å². The molecule has 0 radical (unpaired) electrons. The number of aliphatic imine (C=N–C) groups is 1. The molecule has 60 heavy (non-hydrogen) atoms. The normalized spacial score (nSPS) is 13.2. The van der Waals surface area contributed by atoms with Crippen LogP contribution in [0.25, 0.3) is 5.69 Å². The summed E-state index contributed by atoms with van der Waals surface area (Å²) in [5.41, 5.74) is 3.17. The number of phenols is 2. The fraction of sp³-hybridized carbons (Fsp3) is 0.452. The van der Waals surface area contributed by atoms with Crippen molar-refractivity contribution < 1.29 is 53.0 Å². The van der Waals surface area contributed by atoms with E-state index in [1.807, 2.05) is 60.9 Å². The molecule has 0 aliphatic carbocycles. The van der Waals surface area contributed by atoms with E-state index in [-0.39, 0.29) is 36.8 Å². The van der Waals surface area contributed by atoms with Crippen molar-refractivity contribution in [3.8, 4) is 22.9 Å². The molecule has 1 unspecified atom stereocenters. The summed E-state index contributed by atoms with van der Waals surface area (Å²) in [5.74, 6) is 0.466. The number of aromatic nitrogens is 3. The maximum atomic E-state index is 12.7. The molecule has 324 valence electrons. The largest absolute Gasteiger partial charge is 0.504 e. The molecule has 1 aromatic heterocycles. The zero-order valence-corrected chi connectivity index (χ0v) is 34.7. The smallest absolute Gasteiger partial charge is 0.255 e. The Labute approximate surface area is 353 Å². The summed E-state index contributed by atoms with van der Waals surface area (Å²) in [6.45, 7) is 9.55. The topological polar surface area (TPSA) is 206 Å². The standard InChI is InChI=1S/C42H53ClN6O11/c1-3-44-38(51)28-35-41-48-47-29(2)49(41)36-12-11-32(27-34(36)39(46-35)30-7-9-31(43)10-8-30)60-26-25-59-24-23-58-22-21-57-20-19-56-18-17-55-16-15-54-14-13-45-42(53)33-5-4-6-37(50)40(33)52/h4-12,27,35,50,52H,3,13-26,28H2,1-2H3,(H,44,51)(H,45,53). The summed E-state index contributed by atoms with van der Waals surface area (Å²) in [4.78, 5) is 29.9. The average Bonchev–Trinajstić information content (AvgIpc) is 3.57. The second kappa shape index (κ2) is 24.8. The predicted octanol–water partition coefficient (Wildman–Crippen LogP) is 3.97. The highest BCUT2D eigenvalue weighted by molar-refractivity contribution is 6.30. The van der Waals surface area contributed by atoms with Crippen molar-refractivity contribution in [2.24, 2.45) is 4.99 Å². The van der Waals surface area contributed by atoms with E-state index in [2.05, 4.69) is 20.8 Å². The number of ether oxygens (including phenoxy) is 7. The summed E-state index contributed by atoms with van der Waals surface area (Å²) in [6.07, 6.45) is 0.119. The molecule has 0 fully saturated rings. The number of halogens is 1. The molecule has 0 bridgehead atoms. The minimum absolute atomic E-state index is 0.00421. The van der Waals surface area contributed by atoms with Gasteiger partial charge >= 0.3 is 0 Å². The lowest BCUT2D eigenvalue weighted by atomic mass is 10.00. The van der Waals surface area contributed by atoms with Crippen LogP contribution in [0.4, 0.5) is 0 Å². The highest BCUT2D eigenvalue weighted by Crippen LogP contribution is 2.34. The number of aromatic hydroxyl groups is 2. The van der Waals surface area contributed by atoms with Crippen LogP contribution in [0.1, 0.15) is 52.5 Å². The van der Waals surface area contributed by atoms with Crippen LogP contribution in [0.3, 0.4) is 0 Å². The van der Waals surface area contributed by atoms with Crippen LogP contribution in [-0.4, -0.2) is 141 Å². The summed E-state index contributed by atoms with van der Waals surface area (Å²) in [5, 5.41) is 34.1. The Hall–Kier alpha value is -5.14. The second-order valence-electron chi connectivity index (χ2n) is 13.2. The van der Waals surface area contributed by atoms with Crippen molar-refractivity contribution >= 4 is 29.1 Å². The molecule has 18 heteroatoms. The number of carbonyl (C=O) groups is 2.